The van der Waals surface area contributed by atoms with Crippen molar-refractivity contribution in [3.8, 4) is 28.4 Å². The van der Waals surface area contributed by atoms with Crippen LogP contribution in [0, 0.1) is 0 Å². The highest BCUT2D eigenvalue weighted by Gasteiger charge is 2.34. The zero-order chi connectivity index (χ0) is 26.5. The number of nitrogens with one attached hydrogen (secondary N) is 1. The Bertz CT molecular complexity index is 1390. The quantitative estimate of drug-likeness (QED) is 0.333. The maximum absolute atomic E-state index is 13.2. The normalized spacial score (nSPS) is 12.6. The number of amides is 2. The summed E-state index contributed by atoms with van der Waals surface area (Å²) in [6.45, 7) is -0.0241. The molecule has 1 aliphatic rings. The molecule has 1 aromatic heterocycles. The van der Waals surface area contributed by atoms with Gasteiger partial charge in [0.1, 0.15) is 18.0 Å². The summed E-state index contributed by atoms with van der Waals surface area (Å²) in [7, 11) is 3.24. The minimum absolute atomic E-state index is 0.0241. The zero-order valence-electron chi connectivity index (χ0n) is 21.5. The van der Waals surface area contributed by atoms with Gasteiger partial charge in [0.15, 0.2) is 0 Å². The molecule has 1 saturated carbocycles. The van der Waals surface area contributed by atoms with E-state index in [4.69, 9.17) is 14.5 Å². The van der Waals surface area contributed by atoms with Crippen LogP contribution in [0.2, 0.25) is 0 Å². The third-order valence-corrected chi connectivity index (χ3v) is 6.51. The largest absolute Gasteiger partial charge is 0.497 e. The van der Waals surface area contributed by atoms with Crippen molar-refractivity contribution in [2.24, 2.45) is 0 Å². The van der Waals surface area contributed by atoms with E-state index in [1.807, 2.05) is 89.6 Å². The highest BCUT2D eigenvalue weighted by atomic mass is 16.5. The number of hydrogen-bond donors (Lipinski definition) is 1. The Hall–Kier alpha value is -4.59. The summed E-state index contributed by atoms with van der Waals surface area (Å²) in [5, 5.41) is 2.95. The topological polar surface area (TPSA) is 85.7 Å². The van der Waals surface area contributed by atoms with Crippen LogP contribution >= 0.6 is 0 Å². The van der Waals surface area contributed by atoms with Crippen LogP contribution in [0.25, 0.3) is 16.9 Å². The first kappa shape index (κ1) is 25.1. The van der Waals surface area contributed by atoms with Crippen molar-refractivity contribution in [3.63, 3.8) is 0 Å². The molecular weight excluding hydrogens is 480 g/mol. The summed E-state index contributed by atoms with van der Waals surface area (Å²) in [5.41, 5.74) is 3.32. The van der Waals surface area contributed by atoms with Crippen LogP contribution in [0.4, 0.5) is 5.95 Å². The van der Waals surface area contributed by atoms with Gasteiger partial charge in [-0.1, -0.05) is 30.3 Å². The standard InChI is InChI=1S/C30H30N4O4/c1-37-25-14-8-22(9-15-25)27-19-34(24-12-16-26(38-2)17-13-24)30(31-27)32-28(35)20-33(23-10-11-23)29(36)18-21-6-4-3-5-7-21/h3-9,12-17,19,23H,10-11,18,20H2,1-2H3,(H,31,32,35). The average Bonchev–Trinajstić information content (AvgIpc) is 3.71. The number of imidazole rings is 1. The van der Waals surface area contributed by atoms with Gasteiger partial charge in [-0.2, -0.15) is 0 Å². The second-order valence-corrected chi connectivity index (χ2v) is 9.21. The van der Waals surface area contributed by atoms with E-state index in [1.165, 1.54) is 0 Å². The van der Waals surface area contributed by atoms with Crippen molar-refractivity contribution in [3.05, 3.63) is 90.6 Å². The fourth-order valence-electron chi connectivity index (χ4n) is 4.31. The fraction of sp³-hybridized carbons (Fsp3) is 0.233. The molecule has 0 unspecified atom stereocenters. The third kappa shape index (κ3) is 5.86. The lowest BCUT2D eigenvalue weighted by molar-refractivity contribution is -0.134. The smallest absolute Gasteiger partial charge is 0.246 e. The summed E-state index contributed by atoms with van der Waals surface area (Å²) >= 11 is 0. The molecule has 2 amide bonds. The number of carbonyl (C=O) groups excluding carboxylic acids is 2. The molecule has 0 bridgehead atoms. The van der Waals surface area contributed by atoms with E-state index >= 15 is 0 Å². The van der Waals surface area contributed by atoms with Gasteiger partial charge >= 0.3 is 0 Å². The number of ether oxygens (including phenoxy) is 2. The number of rotatable bonds is 10. The van der Waals surface area contributed by atoms with Crippen molar-refractivity contribution < 1.29 is 19.1 Å². The Morgan fingerprint density at radius 3 is 2.16 bits per heavy atom. The van der Waals surface area contributed by atoms with E-state index in [0.29, 0.717) is 11.6 Å². The minimum Gasteiger partial charge on any atom is -0.497 e. The molecule has 0 radical (unpaired) electrons. The Morgan fingerprint density at radius 1 is 0.921 bits per heavy atom. The number of anilines is 1. The molecule has 3 aromatic carbocycles. The molecule has 1 heterocycles. The van der Waals surface area contributed by atoms with Gasteiger partial charge in [-0.05, 0) is 66.9 Å². The van der Waals surface area contributed by atoms with Crippen molar-refractivity contribution in [2.75, 3.05) is 26.1 Å². The minimum atomic E-state index is -0.292. The average molecular weight is 511 g/mol. The second kappa shape index (κ2) is 11.2. The number of carbonyl (C=O) groups is 2. The van der Waals surface area contributed by atoms with Crippen LogP contribution in [0.15, 0.2) is 85.1 Å². The Labute approximate surface area is 221 Å². The van der Waals surface area contributed by atoms with E-state index < -0.39 is 0 Å². The van der Waals surface area contributed by atoms with Gasteiger partial charge in [-0.15, -0.1) is 0 Å². The molecule has 1 aliphatic carbocycles. The van der Waals surface area contributed by atoms with Crippen LogP contribution in [0.3, 0.4) is 0 Å². The summed E-state index contributed by atoms with van der Waals surface area (Å²) in [6, 6.07) is 24.8. The lowest BCUT2D eigenvalue weighted by Gasteiger charge is -2.22. The van der Waals surface area contributed by atoms with E-state index in [0.717, 1.165) is 41.2 Å². The highest BCUT2D eigenvalue weighted by molar-refractivity contribution is 5.94. The monoisotopic (exact) mass is 510 g/mol. The van der Waals surface area contributed by atoms with Crippen LogP contribution in [-0.2, 0) is 16.0 Å². The summed E-state index contributed by atoms with van der Waals surface area (Å²) < 4.78 is 12.4. The second-order valence-electron chi connectivity index (χ2n) is 9.21. The molecule has 194 valence electrons. The van der Waals surface area contributed by atoms with E-state index in [9.17, 15) is 9.59 Å². The van der Waals surface area contributed by atoms with E-state index in [1.54, 1.807) is 19.1 Å². The van der Waals surface area contributed by atoms with Crippen LogP contribution in [0.1, 0.15) is 18.4 Å². The van der Waals surface area contributed by atoms with Crippen LogP contribution in [0.5, 0.6) is 11.5 Å². The van der Waals surface area contributed by atoms with Gasteiger partial charge in [0.05, 0.1) is 26.3 Å². The van der Waals surface area contributed by atoms with Crippen molar-refractivity contribution in [1.29, 1.82) is 0 Å². The van der Waals surface area contributed by atoms with Gasteiger partial charge in [-0.25, -0.2) is 4.98 Å². The van der Waals surface area contributed by atoms with Gasteiger partial charge < -0.3 is 14.4 Å². The van der Waals surface area contributed by atoms with Crippen LogP contribution < -0.4 is 14.8 Å². The Kier molecular flexibility index (Phi) is 7.40. The molecule has 0 spiro atoms. The van der Waals surface area contributed by atoms with Gasteiger partial charge in [-0.3, -0.25) is 19.5 Å². The van der Waals surface area contributed by atoms with E-state index in [-0.39, 0.29) is 30.8 Å². The Morgan fingerprint density at radius 2 is 1.55 bits per heavy atom. The molecule has 0 aliphatic heterocycles. The van der Waals surface area contributed by atoms with Crippen LogP contribution in [-0.4, -0.2) is 53.1 Å². The number of benzene rings is 3. The lowest BCUT2D eigenvalue weighted by Crippen LogP contribution is -2.40. The SMILES string of the molecule is COc1ccc(-c2cn(-c3ccc(OC)cc3)c(NC(=O)CN(C(=O)Cc3ccccc3)C3CC3)n2)cc1. The first-order valence-corrected chi connectivity index (χ1v) is 12.6. The first-order valence-electron chi connectivity index (χ1n) is 12.6. The molecule has 0 atom stereocenters. The maximum Gasteiger partial charge on any atom is 0.246 e. The number of nitrogens with zero attached hydrogens (tertiary/aromatic N) is 3. The summed E-state index contributed by atoms with van der Waals surface area (Å²) in [6.07, 6.45) is 3.97. The molecule has 38 heavy (non-hydrogen) atoms. The summed E-state index contributed by atoms with van der Waals surface area (Å²) in [5.74, 6) is 1.51. The van der Waals surface area contributed by atoms with Gasteiger partial charge in [0.25, 0.3) is 0 Å². The van der Waals surface area contributed by atoms with Gasteiger partial charge in [0, 0.05) is 23.5 Å². The number of aromatic nitrogens is 2. The molecular formula is C30H30N4O4. The number of methoxy groups -OCH3 is 2. The molecule has 4 aromatic rings. The molecule has 5 rings (SSSR count). The Balaban J connectivity index is 1.38. The molecule has 1 N–H and O–H groups in total. The highest BCUT2D eigenvalue weighted by Crippen LogP contribution is 2.29. The first-order chi connectivity index (χ1) is 18.5. The molecule has 1 fully saturated rings. The molecule has 0 saturated heterocycles. The van der Waals surface area contributed by atoms with E-state index in [2.05, 4.69) is 5.32 Å². The van der Waals surface area contributed by atoms with Crippen molar-refractivity contribution in [1.82, 2.24) is 14.5 Å². The predicted molar refractivity (Wildman–Crippen MR) is 146 cm³/mol. The summed E-state index contributed by atoms with van der Waals surface area (Å²) in [4.78, 5) is 32.7. The third-order valence-electron chi connectivity index (χ3n) is 6.51. The van der Waals surface area contributed by atoms with Crippen molar-refractivity contribution >= 4 is 17.8 Å². The van der Waals surface area contributed by atoms with Crippen molar-refractivity contribution in [2.45, 2.75) is 25.3 Å². The number of hydrogen-bond acceptors (Lipinski definition) is 5. The predicted octanol–water partition coefficient (Wildman–Crippen LogP) is 4.73. The fourth-order valence-corrected chi connectivity index (χ4v) is 4.31. The lowest BCUT2D eigenvalue weighted by atomic mass is 10.1. The molecule has 8 heteroatoms. The molecule has 8 nitrogen and oxygen atoms in total. The zero-order valence-corrected chi connectivity index (χ0v) is 21.5. The maximum atomic E-state index is 13.2. The van der Waals surface area contributed by atoms with Gasteiger partial charge in [0.2, 0.25) is 17.8 Å².